The van der Waals surface area contributed by atoms with Crippen molar-refractivity contribution in [1.29, 1.82) is 0 Å². The minimum absolute atomic E-state index is 0.204. The summed E-state index contributed by atoms with van der Waals surface area (Å²) in [5.41, 5.74) is 0. The fourth-order valence-corrected chi connectivity index (χ4v) is 3.58. The number of aliphatic hydroxyl groups is 1. The van der Waals surface area contributed by atoms with Crippen LogP contribution in [0.5, 0.6) is 0 Å². The van der Waals surface area contributed by atoms with Gasteiger partial charge in [0.2, 0.25) is 5.91 Å². The summed E-state index contributed by atoms with van der Waals surface area (Å²) in [5.74, 6) is 0.931. The van der Waals surface area contributed by atoms with Gasteiger partial charge in [0, 0.05) is 39.1 Å². The summed E-state index contributed by atoms with van der Waals surface area (Å²) in [6.45, 7) is 12.0. The number of carbonyl (C=O) groups is 1. The molecule has 0 spiro atoms. The summed E-state index contributed by atoms with van der Waals surface area (Å²) in [6, 6.07) is 0. The van der Waals surface area contributed by atoms with Crippen molar-refractivity contribution < 1.29 is 9.90 Å². The van der Waals surface area contributed by atoms with E-state index in [1.165, 1.54) is 13.0 Å². The fourth-order valence-electron chi connectivity index (χ4n) is 3.58. The number of likely N-dealkylation sites (tertiary alicyclic amines) is 2. The van der Waals surface area contributed by atoms with Crippen molar-refractivity contribution in [3.63, 3.8) is 0 Å². The zero-order valence-electron chi connectivity index (χ0n) is 13.6. The lowest BCUT2D eigenvalue weighted by Crippen LogP contribution is -2.40. The van der Waals surface area contributed by atoms with Crippen molar-refractivity contribution in [2.45, 2.75) is 39.2 Å². The standard InChI is InChI=1S/C16H31N3O2/c1-3-17(4-2)10-14-7-9-18(11-14)12-15(20)13-19-8-5-6-16(19)21/h14-15,20H,3-13H2,1-2H3. The van der Waals surface area contributed by atoms with Crippen molar-refractivity contribution in [3.05, 3.63) is 0 Å². The zero-order valence-corrected chi connectivity index (χ0v) is 13.6. The van der Waals surface area contributed by atoms with Crippen LogP contribution in [-0.4, -0.2) is 84.2 Å². The normalized spacial score (nSPS) is 25.2. The van der Waals surface area contributed by atoms with E-state index >= 15 is 0 Å². The van der Waals surface area contributed by atoms with Crippen molar-refractivity contribution >= 4 is 5.91 Å². The number of aliphatic hydroxyl groups excluding tert-OH is 1. The fraction of sp³-hybridized carbons (Fsp3) is 0.938. The molecule has 1 amide bonds. The van der Waals surface area contributed by atoms with Crippen LogP contribution in [-0.2, 0) is 4.79 Å². The molecule has 2 unspecified atom stereocenters. The van der Waals surface area contributed by atoms with Gasteiger partial charge < -0.3 is 19.8 Å². The van der Waals surface area contributed by atoms with Gasteiger partial charge in [-0.1, -0.05) is 13.8 Å². The number of amides is 1. The molecule has 2 fully saturated rings. The highest BCUT2D eigenvalue weighted by Crippen LogP contribution is 2.18. The summed E-state index contributed by atoms with van der Waals surface area (Å²) in [5, 5.41) is 10.2. The molecule has 0 aromatic heterocycles. The Hall–Kier alpha value is -0.650. The van der Waals surface area contributed by atoms with Crippen molar-refractivity contribution in [1.82, 2.24) is 14.7 Å². The van der Waals surface area contributed by atoms with E-state index in [4.69, 9.17) is 0 Å². The molecule has 0 aromatic rings. The molecule has 2 atom stereocenters. The first-order valence-electron chi connectivity index (χ1n) is 8.52. The van der Waals surface area contributed by atoms with Crippen LogP contribution in [0, 0.1) is 5.92 Å². The number of hydrogen-bond acceptors (Lipinski definition) is 4. The molecule has 21 heavy (non-hydrogen) atoms. The molecule has 2 aliphatic heterocycles. The lowest BCUT2D eigenvalue weighted by atomic mass is 10.1. The highest BCUT2D eigenvalue weighted by molar-refractivity contribution is 5.78. The summed E-state index contributed by atoms with van der Waals surface area (Å²) in [6.07, 6.45) is 2.43. The van der Waals surface area contributed by atoms with Crippen molar-refractivity contribution in [3.8, 4) is 0 Å². The molecule has 0 saturated carbocycles. The predicted octanol–water partition coefficient (Wildman–Crippen LogP) is 0.633. The van der Waals surface area contributed by atoms with Gasteiger partial charge in [-0.15, -0.1) is 0 Å². The van der Waals surface area contributed by atoms with Crippen LogP contribution in [0.25, 0.3) is 0 Å². The van der Waals surface area contributed by atoms with E-state index in [0.29, 0.717) is 19.5 Å². The Bertz CT molecular complexity index is 333. The first-order chi connectivity index (χ1) is 10.1. The third kappa shape index (κ3) is 4.94. The Morgan fingerprint density at radius 1 is 1.29 bits per heavy atom. The summed E-state index contributed by atoms with van der Waals surface area (Å²) >= 11 is 0. The molecule has 2 saturated heterocycles. The predicted molar refractivity (Wildman–Crippen MR) is 84.2 cm³/mol. The van der Waals surface area contributed by atoms with Gasteiger partial charge in [0.25, 0.3) is 0 Å². The van der Waals surface area contributed by atoms with E-state index in [1.54, 1.807) is 0 Å². The minimum Gasteiger partial charge on any atom is -0.390 e. The molecule has 0 bridgehead atoms. The summed E-state index contributed by atoms with van der Waals surface area (Å²) in [4.78, 5) is 18.2. The van der Waals surface area contributed by atoms with Gasteiger partial charge in [0.1, 0.15) is 0 Å². The smallest absolute Gasteiger partial charge is 0.222 e. The minimum atomic E-state index is -0.403. The average Bonchev–Trinajstić information content (AvgIpc) is 3.06. The average molecular weight is 297 g/mol. The lowest BCUT2D eigenvalue weighted by molar-refractivity contribution is -0.129. The second-order valence-corrected chi connectivity index (χ2v) is 6.50. The van der Waals surface area contributed by atoms with Crippen LogP contribution in [0.4, 0.5) is 0 Å². The second-order valence-electron chi connectivity index (χ2n) is 6.50. The Morgan fingerprint density at radius 3 is 2.67 bits per heavy atom. The van der Waals surface area contributed by atoms with Gasteiger partial charge in [-0.2, -0.15) is 0 Å². The van der Waals surface area contributed by atoms with Crippen LogP contribution < -0.4 is 0 Å². The van der Waals surface area contributed by atoms with Gasteiger partial charge in [-0.25, -0.2) is 0 Å². The van der Waals surface area contributed by atoms with E-state index in [9.17, 15) is 9.90 Å². The monoisotopic (exact) mass is 297 g/mol. The van der Waals surface area contributed by atoms with Crippen molar-refractivity contribution in [2.75, 3.05) is 52.4 Å². The van der Waals surface area contributed by atoms with E-state index in [0.717, 1.165) is 45.1 Å². The van der Waals surface area contributed by atoms with Crippen LogP contribution in [0.1, 0.15) is 33.1 Å². The van der Waals surface area contributed by atoms with Crippen LogP contribution in [0.2, 0.25) is 0 Å². The second kappa shape index (κ2) is 8.11. The number of rotatable bonds is 8. The zero-order chi connectivity index (χ0) is 15.2. The number of nitrogens with zero attached hydrogens (tertiary/aromatic N) is 3. The molecule has 5 nitrogen and oxygen atoms in total. The van der Waals surface area contributed by atoms with Crippen LogP contribution >= 0.6 is 0 Å². The van der Waals surface area contributed by atoms with Gasteiger partial charge >= 0.3 is 0 Å². The molecule has 122 valence electrons. The van der Waals surface area contributed by atoms with Gasteiger partial charge in [-0.05, 0) is 38.4 Å². The third-order valence-electron chi connectivity index (χ3n) is 4.85. The first kappa shape index (κ1) is 16.7. The maximum Gasteiger partial charge on any atom is 0.222 e. The van der Waals surface area contributed by atoms with E-state index in [1.807, 2.05) is 4.90 Å². The molecule has 0 aliphatic carbocycles. The molecular weight excluding hydrogens is 266 g/mol. The van der Waals surface area contributed by atoms with E-state index in [2.05, 4.69) is 23.6 Å². The Morgan fingerprint density at radius 2 is 2.05 bits per heavy atom. The lowest BCUT2D eigenvalue weighted by Gasteiger charge is -2.25. The largest absolute Gasteiger partial charge is 0.390 e. The maximum absolute atomic E-state index is 11.6. The quantitative estimate of drug-likeness (QED) is 0.714. The van der Waals surface area contributed by atoms with Gasteiger partial charge in [0.15, 0.2) is 0 Å². The Labute approximate surface area is 128 Å². The van der Waals surface area contributed by atoms with Crippen LogP contribution in [0.15, 0.2) is 0 Å². The maximum atomic E-state index is 11.6. The van der Waals surface area contributed by atoms with E-state index < -0.39 is 6.10 Å². The number of hydrogen-bond donors (Lipinski definition) is 1. The first-order valence-corrected chi connectivity index (χ1v) is 8.52. The molecule has 2 heterocycles. The highest BCUT2D eigenvalue weighted by Gasteiger charge is 2.27. The topological polar surface area (TPSA) is 47.0 Å². The number of carbonyl (C=O) groups excluding carboxylic acids is 1. The van der Waals surface area contributed by atoms with Gasteiger partial charge in [-0.3, -0.25) is 4.79 Å². The number of β-amino-alcohol motifs (C(OH)–C–C–N with tert-alkyl or cyclic N) is 1. The summed E-state index contributed by atoms with van der Waals surface area (Å²) in [7, 11) is 0. The summed E-state index contributed by atoms with van der Waals surface area (Å²) < 4.78 is 0. The molecular formula is C16H31N3O2. The Kier molecular flexibility index (Phi) is 6.45. The Balaban J connectivity index is 1.68. The van der Waals surface area contributed by atoms with Gasteiger partial charge in [0.05, 0.1) is 6.10 Å². The highest BCUT2D eigenvalue weighted by atomic mass is 16.3. The molecule has 2 rings (SSSR count). The molecule has 2 aliphatic rings. The molecule has 1 N–H and O–H groups in total. The third-order valence-corrected chi connectivity index (χ3v) is 4.85. The SMILES string of the molecule is CCN(CC)CC1CCN(CC(O)CN2CCCC2=O)C1. The van der Waals surface area contributed by atoms with Crippen molar-refractivity contribution in [2.24, 2.45) is 5.92 Å². The molecule has 0 radical (unpaired) electrons. The van der Waals surface area contributed by atoms with Crippen LogP contribution in [0.3, 0.4) is 0 Å². The van der Waals surface area contributed by atoms with E-state index in [-0.39, 0.29) is 5.91 Å². The molecule has 5 heteroatoms. The molecule has 0 aromatic carbocycles.